The number of allylic oxidation sites excluding steroid dienone is 1. The molecule has 9 nitrogen and oxygen atoms in total. The minimum absolute atomic E-state index is 0.0408. The van der Waals surface area contributed by atoms with Crippen LogP contribution in [-0.2, 0) is 16.0 Å². The van der Waals surface area contributed by atoms with E-state index in [2.05, 4.69) is 16.3 Å². The van der Waals surface area contributed by atoms with Crippen molar-refractivity contribution in [1.29, 1.82) is 5.26 Å². The predicted octanol–water partition coefficient (Wildman–Crippen LogP) is 1.36. The van der Waals surface area contributed by atoms with Crippen molar-refractivity contribution < 1.29 is 23.7 Å². The number of nitriles is 1. The van der Waals surface area contributed by atoms with Crippen molar-refractivity contribution in [1.82, 2.24) is 10.2 Å². The Kier molecular flexibility index (Phi) is 4.90. The zero-order valence-corrected chi connectivity index (χ0v) is 15.0. The predicted molar refractivity (Wildman–Crippen MR) is 93.2 cm³/mol. The Morgan fingerprint density at radius 1 is 1.33 bits per heavy atom. The largest absolute Gasteiger partial charge is 0.493 e. The van der Waals surface area contributed by atoms with Crippen molar-refractivity contribution in [2.75, 3.05) is 21.3 Å². The van der Waals surface area contributed by atoms with Crippen molar-refractivity contribution in [3.05, 3.63) is 46.5 Å². The Morgan fingerprint density at radius 2 is 2.07 bits per heavy atom. The maximum atomic E-state index is 11.8. The minimum Gasteiger partial charge on any atom is -0.493 e. The summed E-state index contributed by atoms with van der Waals surface area (Å²) in [5.74, 6) is 0.180. The van der Waals surface area contributed by atoms with Gasteiger partial charge in [0, 0.05) is 0 Å². The van der Waals surface area contributed by atoms with E-state index in [1.807, 2.05) is 0 Å². The maximum Gasteiger partial charge on any atom is 0.311 e. The molecule has 0 bridgehead atoms. The lowest BCUT2D eigenvalue weighted by Gasteiger charge is -2.24. The zero-order valence-electron chi connectivity index (χ0n) is 15.0. The highest BCUT2D eigenvalue weighted by Gasteiger charge is 2.36. The average molecular weight is 370 g/mol. The summed E-state index contributed by atoms with van der Waals surface area (Å²) < 4.78 is 20.8. The number of nitrogens with two attached hydrogens (primary N) is 1. The first-order valence-electron chi connectivity index (χ1n) is 7.97. The molecule has 1 aliphatic heterocycles. The molecule has 1 aliphatic rings. The third-order valence-corrected chi connectivity index (χ3v) is 4.31. The number of ether oxygens (including phenoxy) is 4. The molecule has 0 saturated heterocycles. The lowest BCUT2D eigenvalue weighted by atomic mass is 9.83. The number of aromatic amines is 1. The molecule has 1 atom stereocenters. The number of hydrogen-bond donors (Lipinski definition) is 2. The van der Waals surface area contributed by atoms with Crippen LogP contribution in [0.5, 0.6) is 17.4 Å². The number of carbonyl (C=O) groups is 1. The number of rotatable bonds is 5. The van der Waals surface area contributed by atoms with Crippen LogP contribution in [0.4, 0.5) is 0 Å². The third kappa shape index (κ3) is 3.13. The highest BCUT2D eigenvalue weighted by Crippen LogP contribution is 2.44. The van der Waals surface area contributed by atoms with Crippen LogP contribution in [0.25, 0.3) is 0 Å². The van der Waals surface area contributed by atoms with Gasteiger partial charge in [-0.2, -0.15) is 5.26 Å². The molecule has 3 rings (SSSR count). The second-order valence-electron chi connectivity index (χ2n) is 5.71. The second kappa shape index (κ2) is 7.29. The molecule has 0 radical (unpaired) electrons. The summed E-state index contributed by atoms with van der Waals surface area (Å²) in [5, 5.41) is 16.5. The highest BCUT2D eigenvalue weighted by molar-refractivity contribution is 5.73. The van der Waals surface area contributed by atoms with Gasteiger partial charge in [-0.05, 0) is 17.7 Å². The summed E-state index contributed by atoms with van der Waals surface area (Å²) in [4.78, 5) is 11.8. The van der Waals surface area contributed by atoms with E-state index in [1.165, 1.54) is 21.3 Å². The summed E-state index contributed by atoms with van der Waals surface area (Å²) in [6.45, 7) is 0. The molecule has 1 aromatic carbocycles. The first-order chi connectivity index (χ1) is 13.0. The normalized spacial score (nSPS) is 15.4. The molecule has 0 unspecified atom stereocenters. The number of benzene rings is 1. The number of nitrogens with one attached hydrogen (secondary N) is 1. The number of H-pyrrole nitrogens is 1. The van der Waals surface area contributed by atoms with Crippen LogP contribution in [0.1, 0.15) is 22.7 Å². The Balaban J connectivity index is 2.17. The van der Waals surface area contributed by atoms with Crippen LogP contribution in [-0.4, -0.2) is 37.5 Å². The molecule has 0 saturated carbocycles. The first-order valence-corrected chi connectivity index (χ1v) is 7.97. The summed E-state index contributed by atoms with van der Waals surface area (Å²) >= 11 is 0. The fourth-order valence-electron chi connectivity index (χ4n) is 3.03. The van der Waals surface area contributed by atoms with Crippen molar-refractivity contribution in [3.8, 4) is 23.4 Å². The number of esters is 1. The van der Waals surface area contributed by atoms with E-state index >= 15 is 0 Å². The van der Waals surface area contributed by atoms with E-state index in [9.17, 15) is 10.1 Å². The van der Waals surface area contributed by atoms with Gasteiger partial charge in [-0.15, -0.1) is 5.10 Å². The van der Waals surface area contributed by atoms with Crippen LogP contribution in [0.2, 0.25) is 0 Å². The molecular weight excluding hydrogens is 352 g/mol. The molecule has 2 aromatic rings. The van der Waals surface area contributed by atoms with E-state index in [1.54, 1.807) is 18.2 Å². The number of fused-ring (bicyclic) bond motifs is 1. The van der Waals surface area contributed by atoms with Crippen LogP contribution in [0.15, 0.2) is 29.7 Å². The number of hydrogen-bond acceptors (Lipinski definition) is 8. The summed E-state index contributed by atoms with van der Waals surface area (Å²) in [6.07, 6.45) is -0.0510. The van der Waals surface area contributed by atoms with Crippen LogP contribution in [0, 0.1) is 11.3 Å². The lowest BCUT2D eigenvalue weighted by molar-refractivity contribution is -0.139. The molecule has 2 heterocycles. The molecular formula is C18H18N4O5. The van der Waals surface area contributed by atoms with Crippen LogP contribution >= 0.6 is 0 Å². The molecule has 1 aromatic heterocycles. The van der Waals surface area contributed by atoms with Crippen LogP contribution < -0.4 is 19.9 Å². The van der Waals surface area contributed by atoms with Gasteiger partial charge in [0.05, 0.1) is 44.9 Å². The fourth-order valence-corrected chi connectivity index (χ4v) is 3.03. The van der Waals surface area contributed by atoms with Gasteiger partial charge in [0.2, 0.25) is 11.8 Å². The van der Waals surface area contributed by atoms with Crippen molar-refractivity contribution in [2.45, 2.75) is 12.3 Å². The summed E-state index contributed by atoms with van der Waals surface area (Å²) in [5.41, 5.74) is 7.89. The van der Waals surface area contributed by atoms with Gasteiger partial charge in [-0.3, -0.25) is 9.89 Å². The fraction of sp³-hybridized carbons (Fsp3) is 0.278. The SMILES string of the molecule is COC(=O)Cc1[nH]nc2c1[C@H](c1ccc(OC)c(OC)c1)C(C#N)=C(N)O2. The Bertz CT molecular complexity index is 957. The molecule has 3 N–H and O–H groups in total. The van der Waals surface area contributed by atoms with E-state index in [0.29, 0.717) is 28.3 Å². The van der Waals surface area contributed by atoms with Crippen LogP contribution in [0.3, 0.4) is 0 Å². The van der Waals surface area contributed by atoms with Gasteiger partial charge in [0.15, 0.2) is 11.5 Å². The molecule has 0 amide bonds. The Morgan fingerprint density at radius 3 is 2.70 bits per heavy atom. The number of carbonyl (C=O) groups excluding carboxylic acids is 1. The summed E-state index contributed by atoms with van der Waals surface area (Å²) in [6, 6.07) is 7.36. The molecule has 27 heavy (non-hydrogen) atoms. The number of methoxy groups -OCH3 is 3. The number of aromatic nitrogens is 2. The molecule has 0 spiro atoms. The smallest absolute Gasteiger partial charge is 0.311 e. The average Bonchev–Trinajstić information content (AvgIpc) is 3.07. The molecule has 0 aliphatic carbocycles. The standard InChI is InChI=1S/C18H18N4O5/c1-24-12-5-4-9(6-13(12)25-2)15-10(8-19)17(20)27-18-16(15)11(21-22-18)7-14(23)26-3/h4-6,15H,7,20H2,1-3H3,(H,21,22)/t15-/m1/s1. The Hall–Kier alpha value is -3.67. The summed E-state index contributed by atoms with van der Waals surface area (Å²) in [7, 11) is 4.35. The van der Waals surface area contributed by atoms with E-state index in [0.717, 1.165) is 0 Å². The van der Waals surface area contributed by atoms with Gasteiger partial charge in [-0.1, -0.05) is 6.07 Å². The van der Waals surface area contributed by atoms with Gasteiger partial charge >= 0.3 is 5.97 Å². The van der Waals surface area contributed by atoms with Gasteiger partial charge in [-0.25, -0.2) is 0 Å². The van der Waals surface area contributed by atoms with Crippen molar-refractivity contribution >= 4 is 5.97 Å². The van der Waals surface area contributed by atoms with Gasteiger partial charge in [0.25, 0.3) is 0 Å². The molecule has 140 valence electrons. The second-order valence-corrected chi connectivity index (χ2v) is 5.71. The monoisotopic (exact) mass is 370 g/mol. The topological polar surface area (TPSA) is 132 Å². The lowest BCUT2D eigenvalue weighted by Crippen LogP contribution is -2.22. The van der Waals surface area contributed by atoms with E-state index in [4.69, 9.17) is 24.7 Å². The maximum absolute atomic E-state index is 11.8. The molecule has 9 heteroatoms. The molecule has 0 fully saturated rings. The quantitative estimate of drug-likeness (QED) is 0.754. The highest BCUT2D eigenvalue weighted by atomic mass is 16.5. The van der Waals surface area contributed by atoms with Crippen molar-refractivity contribution in [2.24, 2.45) is 5.73 Å². The van der Waals surface area contributed by atoms with E-state index < -0.39 is 11.9 Å². The zero-order chi connectivity index (χ0) is 19.6. The number of nitrogens with zero attached hydrogens (tertiary/aromatic N) is 2. The van der Waals surface area contributed by atoms with Gasteiger partial charge < -0.3 is 24.7 Å². The third-order valence-electron chi connectivity index (χ3n) is 4.31. The first kappa shape index (κ1) is 18.1. The van der Waals surface area contributed by atoms with E-state index in [-0.39, 0.29) is 23.8 Å². The van der Waals surface area contributed by atoms with Gasteiger partial charge in [0.1, 0.15) is 11.6 Å². The Labute approximate surface area is 155 Å². The minimum atomic E-state index is -0.586. The van der Waals surface area contributed by atoms with Crippen molar-refractivity contribution in [3.63, 3.8) is 0 Å².